The number of hydrogen-bond acceptors (Lipinski definition) is 7. The molecule has 4 N–H and O–H groups in total. The van der Waals surface area contributed by atoms with Crippen molar-refractivity contribution in [3.05, 3.63) is 34.4 Å². The minimum absolute atomic E-state index is 0.0653. The van der Waals surface area contributed by atoms with Crippen LogP contribution in [-0.4, -0.2) is 50.9 Å². The van der Waals surface area contributed by atoms with Crippen LogP contribution in [0.15, 0.2) is 24.3 Å². The summed E-state index contributed by atoms with van der Waals surface area (Å²) in [6.07, 6.45) is -2.56. The Kier molecular flexibility index (Phi) is 4.51. The second-order valence-electron chi connectivity index (χ2n) is 5.03. The maximum Gasteiger partial charge on any atom is 0.269 e. The average molecular weight is 296 g/mol. The van der Waals surface area contributed by atoms with Crippen LogP contribution in [0, 0.1) is 16.0 Å². The fraction of sp³-hybridized carbons (Fsp3) is 0.462. The molecule has 4 atom stereocenters. The van der Waals surface area contributed by atoms with Crippen LogP contribution < -0.4 is 5.32 Å². The summed E-state index contributed by atoms with van der Waals surface area (Å²) in [5, 5.41) is 42.1. The Morgan fingerprint density at radius 2 is 1.86 bits per heavy atom. The van der Waals surface area contributed by atoms with Gasteiger partial charge in [0.25, 0.3) is 5.69 Å². The average Bonchev–Trinajstić information content (AvgIpc) is 2.48. The van der Waals surface area contributed by atoms with E-state index in [1.54, 1.807) is 0 Å². The summed E-state index contributed by atoms with van der Waals surface area (Å²) in [4.78, 5) is 21.7. The van der Waals surface area contributed by atoms with Gasteiger partial charge in [-0.25, -0.2) is 0 Å². The number of carbonyl (C=O) groups is 1. The lowest BCUT2D eigenvalue weighted by atomic mass is 9.81. The zero-order valence-corrected chi connectivity index (χ0v) is 11.0. The van der Waals surface area contributed by atoms with Crippen molar-refractivity contribution in [3.63, 3.8) is 0 Å². The highest BCUT2D eigenvalue weighted by atomic mass is 16.6. The molecule has 1 aliphatic rings. The van der Waals surface area contributed by atoms with Gasteiger partial charge >= 0.3 is 0 Å². The van der Waals surface area contributed by atoms with Crippen molar-refractivity contribution in [2.75, 3.05) is 11.9 Å². The second kappa shape index (κ2) is 6.17. The van der Waals surface area contributed by atoms with E-state index in [-0.39, 0.29) is 18.7 Å². The molecule has 0 aliphatic heterocycles. The van der Waals surface area contributed by atoms with Gasteiger partial charge in [0.1, 0.15) is 12.2 Å². The number of nitro benzene ring substituents is 1. The van der Waals surface area contributed by atoms with Crippen molar-refractivity contribution in [3.8, 4) is 0 Å². The third-order valence-electron chi connectivity index (χ3n) is 3.63. The van der Waals surface area contributed by atoms with Gasteiger partial charge in [0.2, 0.25) is 0 Å². The van der Waals surface area contributed by atoms with Crippen LogP contribution >= 0.6 is 0 Å². The van der Waals surface area contributed by atoms with Crippen molar-refractivity contribution < 1.29 is 25.0 Å². The Bertz CT molecular complexity index is 532. The lowest BCUT2D eigenvalue weighted by molar-refractivity contribution is -0.384. The zero-order valence-electron chi connectivity index (χ0n) is 11.0. The summed E-state index contributed by atoms with van der Waals surface area (Å²) in [6.45, 7) is -0.363. The van der Waals surface area contributed by atoms with Crippen LogP contribution in [0.2, 0.25) is 0 Å². The Balaban J connectivity index is 2.10. The highest BCUT2D eigenvalue weighted by Crippen LogP contribution is 2.26. The van der Waals surface area contributed by atoms with Crippen molar-refractivity contribution >= 4 is 17.2 Å². The van der Waals surface area contributed by atoms with Crippen LogP contribution in [-0.2, 0) is 4.79 Å². The summed E-state index contributed by atoms with van der Waals surface area (Å²) < 4.78 is 0. The molecule has 0 aromatic heterocycles. The molecule has 1 aliphatic carbocycles. The first kappa shape index (κ1) is 15.4. The quantitative estimate of drug-likeness (QED) is 0.442. The van der Waals surface area contributed by atoms with Crippen molar-refractivity contribution in [1.82, 2.24) is 0 Å². The summed E-state index contributed by atoms with van der Waals surface area (Å²) in [7, 11) is 0. The summed E-state index contributed by atoms with van der Waals surface area (Å²) in [5.74, 6) is -1.38. The van der Waals surface area contributed by atoms with Gasteiger partial charge < -0.3 is 20.6 Å². The number of benzene rings is 1. The van der Waals surface area contributed by atoms with Gasteiger partial charge in [0.15, 0.2) is 5.78 Å². The molecule has 0 spiro atoms. The molecular weight excluding hydrogens is 280 g/mol. The third kappa shape index (κ3) is 3.18. The van der Waals surface area contributed by atoms with Crippen LogP contribution in [0.1, 0.15) is 6.42 Å². The fourth-order valence-electron chi connectivity index (χ4n) is 2.40. The van der Waals surface area contributed by atoms with E-state index in [4.69, 9.17) is 5.11 Å². The fourth-order valence-corrected chi connectivity index (χ4v) is 2.40. The molecule has 8 nitrogen and oxygen atoms in total. The molecule has 1 fully saturated rings. The number of anilines is 1. The Morgan fingerprint density at radius 3 is 2.38 bits per heavy atom. The van der Waals surface area contributed by atoms with Crippen LogP contribution in [0.25, 0.3) is 0 Å². The smallest absolute Gasteiger partial charge is 0.269 e. The molecule has 0 saturated heterocycles. The molecule has 21 heavy (non-hydrogen) atoms. The van der Waals surface area contributed by atoms with Crippen molar-refractivity contribution in [1.29, 1.82) is 0 Å². The second-order valence-corrected chi connectivity index (χ2v) is 5.03. The van der Waals surface area contributed by atoms with Crippen LogP contribution in [0.3, 0.4) is 0 Å². The monoisotopic (exact) mass is 296 g/mol. The molecule has 1 saturated carbocycles. The first-order valence-electron chi connectivity index (χ1n) is 6.45. The molecule has 2 rings (SSSR count). The molecule has 0 heterocycles. The predicted octanol–water partition coefficient (Wildman–Crippen LogP) is -0.322. The minimum Gasteiger partial charge on any atom is -0.396 e. The Morgan fingerprint density at radius 1 is 1.24 bits per heavy atom. The number of rotatable bonds is 4. The molecule has 114 valence electrons. The van der Waals surface area contributed by atoms with Crippen LogP contribution in [0.5, 0.6) is 0 Å². The van der Waals surface area contributed by atoms with Gasteiger partial charge in [-0.1, -0.05) is 0 Å². The first-order valence-corrected chi connectivity index (χ1v) is 6.45. The molecule has 1 aromatic carbocycles. The van der Waals surface area contributed by atoms with E-state index in [1.165, 1.54) is 24.3 Å². The number of nitrogens with zero attached hydrogens (tertiary/aromatic N) is 1. The molecule has 8 heteroatoms. The molecule has 0 bridgehead atoms. The lowest BCUT2D eigenvalue weighted by Gasteiger charge is -2.35. The molecular formula is C13H16N2O6. The SMILES string of the molecule is O=C1[C@@H](O)[C@@H](Nc2ccc([N+](=O)[O-])cc2)C[C@H](CO)[C@H]1O. The molecule has 0 unspecified atom stereocenters. The number of non-ortho nitro benzene ring substituents is 1. The van der Waals surface area contributed by atoms with E-state index in [0.717, 1.165) is 0 Å². The van der Waals surface area contributed by atoms with E-state index < -0.39 is 34.9 Å². The number of aliphatic hydroxyl groups is 3. The number of aliphatic hydroxyl groups excluding tert-OH is 3. The van der Waals surface area contributed by atoms with Gasteiger partial charge in [0.05, 0.1) is 11.0 Å². The summed E-state index contributed by atoms with van der Waals surface area (Å²) in [5.41, 5.74) is 0.440. The van der Waals surface area contributed by atoms with E-state index in [2.05, 4.69) is 5.32 Å². The van der Waals surface area contributed by atoms with Crippen molar-refractivity contribution in [2.24, 2.45) is 5.92 Å². The lowest BCUT2D eigenvalue weighted by Crippen LogP contribution is -2.54. The molecule has 0 amide bonds. The highest BCUT2D eigenvalue weighted by Gasteiger charge is 2.42. The third-order valence-corrected chi connectivity index (χ3v) is 3.63. The molecule has 1 aromatic rings. The maximum atomic E-state index is 11.7. The maximum absolute atomic E-state index is 11.7. The van der Waals surface area contributed by atoms with E-state index >= 15 is 0 Å². The largest absolute Gasteiger partial charge is 0.396 e. The zero-order chi connectivity index (χ0) is 15.6. The Labute approximate surface area is 120 Å². The van der Waals surface area contributed by atoms with E-state index in [1.807, 2.05) is 0 Å². The number of hydrogen-bond donors (Lipinski definition) is 4. The number of nitro groups is 1. The number of nitrogens with one attached hydrogen (secondary N) is 1. The van der Waals surface area contributed by atoms with Gasteiger partial charge in [-0.2, -0.15) is 0 Å². The topological polar surface area (TPSA) is 133 Å². The predicted molar refractivity (Wildman–Crippen MR) is 72.7 cm³/mol. The standard InChI is InChI=1S/C13H16N2O6/c16-6-7-5-10(12(18)13(19)11(7)17)14-8-1-3-9(4-2-8)15(20)21/h1-4,7,10-12,14,16-18H,5-6H2/t7-,10+,11-,12+/m1/s1. The van der Waals surface area contributed by atoms with Crippen LogP contribution in [0.4, 0.5) is 11.4 Å². The Hall–Kier alpha value is -2.03. The molecule has 0 radical (unpaired) electrons. The summed E-state index contributed by atoms with van der Waals surface area (Å²) in [6, 6.07) is 4.87. The van der Waals surface area contributed by atoms with Gasteiger partial charge in [-0.15, -0.1) is 0 Å². The van der Waals surface area contributed by atoms with Crippen molar-refractivity contribution in [2.45, 2.75) is 24.7 Å². The van der Waals surface area contributed by atoms with Gasteiger partial charge in [0, 0.05) is 30.3 Å². The highest BCUT2D eigenvalue weighted by molar-refractivity contribution is 5.89. The number of carbonyl (C=O) groups excluding carboxylic acids is 1. The normalized spacial score (nSPS) is 29.2. The number of Topliss-reactive ketones (excluding diaryl/α,β-unsaturated/α-hetero) is 1. The van der Waals surface area contributed by atoms with Gasteiger partial charge in [-0.05, 0) is 18.6 Å². The first-order chi connectivity index (χ1) is 9.93. The van der Waals surface area contributed by atoms with E-state index in [9.17, 15) is 25.1 Å². The number of ketones is 1. The summed E-state index contributed by atoms with van der Waals surface area (Å²) >= 11 is 0. The van der Waals surface area contributed by atoms with Gasteiger partial charge in [-0.3, -0.25) is 14.9 Å². The van der Waals surface area contributed by atoms with E-state index in [0.29, 0.717) is 5.69 Å². The minimum atomic E-state index is -1.39.